The van der Waals surface area contributed by atoms with Gasteiger partial charge in [0.15, 0.2) is 5.96 Å². The third kappa shape index (κ3) is 4.82. The lowest BCUT2D eigenvalue weighted by Crippen LogP contribution is -2.46. The van der Waals surface area contributed by atoms with Gasteiger partial charge in [-0.3, -0.25) is 9.79 Å². The normalized spacial score (nSPS) is 14.1. The number of halogens is 1. The maximum Gasteiger partial charge on any atom is 0.242 e. The van der Waals surface area contributed by atoms with E-state index in [1.807, 2.05) is 4.90 Å². The lowest BCUT2D eigenvalue weighted by atomic mass is 10.1. The summed E-state index contributed by atoms with van der Waals surface area (Å²) in [6.45, 7) is 2.33. The molecule has 1 aromatic carbocycles. The van der Waals surface area contributed by atoms with E-state index in [9.17, 15) is 9.18 Å². The van der Waals surface area contributed by atoms with E-state index < -0.39 is 0 Å². The van der Waals surface area contributed by atoms with E-state index in [4.69, 9.17) is 0 Å². The first-order valence-electron chi connectivity index (χ1n) is 8.67. The van der Waals surface area contributed by atoms with Crippen LogP contribution in [0.2, 0.25) is 0 Å². The molecule has 0 saturated carbocycles. The van der Waals surface area contributed by atoms with Gasteiger partial charge >= 0.3 is 0 Å². The third-order valence-electron chi connectivity index (χ3n) is 4.41. The van der Waals surface area contributed by atoms with Gasteiger partial charge in [0.2, 0.25) is 5.91 Å². The number of hydrogen-bond acceptors (Lipinski definition) is 3. The highest BCUT2D eigenvalue weighted by atomic mass is 32.1. The quantitative estimate of drug-likeness (QED) is 0.623. The second-order valence-electron chi connectivity index (χ2n) is 6.16. The first kappa shape index (κ1) is 18.4. The SMILES string of the molecule is CN=C(NCCc1ccc(F)cc1)NCC(=O)N1CCc2sccc2C1. The number of nitrogens with zero attached hydrogens (tertiary/aromatic N) is 2. The molecule has 26 heavy (non-hydrogen) atoms. The monoisotopic (exact) mass is 374 g/mol. The van der Waals surface area contributed by atoms with Gasteiger partial charge in [0.05, 0.1) is 6.54 Å². The maximum atomic E-state index is 12.9. The van der Waals surface area contributed by atoms with Crippen molar-refractivity contribution in [2.75, 3.05) is 26.7 Å². The van der Waals surface area contributed by atoms with Crippen LogP contribution in [-0.2, 0) is 24.2 Å². The number of guanidine groups is 1. The summed E-state index contributed by atoms with van der Waals surface area (Å²) in [4.78, 5) is 19.8. The van der Waals surface area contributed by atoms with Gasteiger partial charge in [0, 0.05) is 31.6 Å². The Hall–Kier alpha value is -2.41. The molecule has 0 radical (unpaired) electrons. The van der Waals surface area contributed by atoms with Gasteiger partial charge in [0.25, 0.3) is 0 Å². The van der Waals surface area contributed by atoms with Crippen molar-refractivity contribution in [3.8, 4) is 0 Å². The van der Waals surface area contributed by atoms with Gasteiger partial charge in [-0.15, -0.1) is 11.3 Å². The van der Waals surface area contributed by atoms with Crippen LogP contribution in [-0.4, -0.2) is 43.4 Å². The molecule has 1 aliphatic heterocycles. The van der Waals surface area contributed by atoms with Crippen LogP contribution in [0.15, 0.2) is 40.7 Å². The van der Waals surface area contributed by atoms with Gasteiger partial charge < -0.3 is 15.5 Å². The molecule has 0 fully saturated rings. The Morgan fingerprint density at radius 3 is 2.85 bits per heavy atom. The number of aliphatic imine (C=N–C) groups is 1. The molecule has 0 spiro atoms. The van der Waals surface area contributed by atoms with Crippen LogP contribution >= 0.6 is 11.3 Å². The lowest BCUT2D eigenvalue weighted by Gasteiger charge is -2.27. The highest BCUT2D eigenvalue weighted by Crippen LogP contribution is 2.23. The summed E-state index contributed by atoms with van der Waals surface area (Å²) in [5.41, 5.74) is 2.31. The van der Waals surface area contributed by atoms with Gasteiger partial charge in [-0.2, -0.15) is 0 Å². The number of benzene rings is 1. The van der Waals surface area contributed by atoms with E-state index >= 15 is 0 Å². The van der Waals surface area contributed by atoms with Crippen LogP contribution in [0.3, 0.4) is 0 Å². The highest BCUT2D eigenvalue weighted by Gasteiger charge is 2.21. The summed E-state index contributed by atoms with van der Waals surface area (Å²) in [7, 11) is 1.68. The van der Waals surface area contributed by atoms with Crippen molar-refractivity contribution in [2.24, 2.45) is 4.99 Å². The van der Waals surface area contributed by atoms with Crippen molar-refractivity contribution >= 4 is 23.2 Å². The van der Waals surface area contributed by atoms with Crippen LogP contribution < -0.4 is 10.6 Å². The molecule has 0 aliphatic carbocycles. The second-order valence-corrected chi connectivity index (χ2v) is 7.16. The molecule has 1 amide bonds. The Balaban J connectivity index is 1.41. The average molecular weight is 374 g/mol. The molecule has 0 atom stereocenters. The minimum atomic E-state index is -0.231. The Labute approximate surface area is 156 Å². The summed E-state index contributed by atoms with van der Waals surface area (Å²) in [5.74, 6) is 0.432. The largest absolute Gasteiger partial charge is 0.356 e. The number of hydrogen-bond donors (Lipinski definition) is 2. The molecule has 7 heteroatoms. The number of amides is 1. The van der Waals surface area contributed by atoms with E-state index in [1.165, 1.54) is 22.6 Å². The maximum absolute atomic E-state index is 12.9. The summed E-state index contributed by atoms with van der Waals surface area (Å²) in [5, 5.41) is 8.34. The van der Waals surface area contributed by atoms with E-state index in [0.29, 0.717) is 19.0 Å². The standard InChI is InChI=1S/C19H23FN4OS/c1-21-19(22-9-6-14-2-4-16(20)5-3-14)23-12-18(25)24-10-7-17-15(13-24)8-11-26-17/h2-5,8,11H,6-7,9-10,12-13H2,1H3,(H2,21,22,23). The molecule has 0 bridgehead atoms. The van der Waals surface area contributed by atoms with E-state index in [1.54, 1.807) is 30.5 Å². The van der Waals surface area contributed by atoms with E-state index in [0.717, 1.165) is 24.9 Å². The fraction of sp³-hybridized carbons (Fsp3) is 0.368. The number of carbonyl (C=O) groups excluding carboxylic acids is 1. The summed E-state index contributed by atoms with van der Waals surface area (Å²) < 4.78 is 12.9. The van der Waals surface area contributed by atoms with Gasteiger partial charge in [-0.1, -0.05) is 12.1 Å². The zero-order valence-electron chi connectivity index (χ0n) is 14.8. The molecular formula is C19H23FN4OS. The minimum absolute atomic E-state index is 0.0725. The lowest BCUT2D eigenvalue weighted by molar-refractivity contribution is -0.130. The average Bonchev–Trinajstić information content (AvgIpc) is 3.13. The van der Waals surface area contributed by atoms with Crippen molar-refractivity contribution < 1.29 is 9.18 Å². The predicted molar refractivity (Wildman–Crippen MR) is 103 cm³/mol. The summed E-state index contributed by atoms with van der Waals surface area (Å²) >= 11 is 1.77. The first-order chi connectivity index (χ1) is 12.7. The summed E-state index contributed by atoms with van der Waals surface area (Å²) in [6.07, 6.45) is 1.69. The van der Waals surface area contributed by atoms with Crippen molar-refractivity contribution in [1.82, 2.24) is 15.5 Å². The number of carbonyl (C=O) groups is 1. The third-order valence-corrected chi connectivity index (χ3v) is 5.43. The van der Waals surface area contributed by atoms with Gasteiger partial charge in [-0.25, -0.2) is 4.39 Å². The fourth-order valence-corrected chi connectivity index (χ4v) is 3.82. The molecule has 1 aliphatic rings. The van der Waals surface area contributed by atoms with Crippen LogP contribution in [0.4, 0.5) is 4.39 Å². The number of nitrogens with one attached hydrogen (secondary N) is 2. The zero-order valence-corrected chi connectivity index (χ0v) is 15.6. The fourth-order valence-electron chi connectivity index (χ4n) is 2.93. The van der Waals surface area contributed by atoms with Gasteiger partial charge in [0.1, 0.15) is 5.82 Å². The Bertz CT molecular complexity index is 772. The molecule has 1 aromatic heterocycles. The minimum Gasteiger partial charge on any atom is -0.356 e. The predicted octanol–water partition coefficient (Wildman–Crippen LogP) is 2.18. The highest BCUT2D eigenvalue weighted by molar-refractivity contribution is 7.10. The molecule has 3 rings (SSSR count). The van der Waals surface area contributed by atoms with Crippen LogP contribution in [0, 0.1) is 5.82 Å². The van der Waals surface area contributed by atoms with Crippen molar-refractivity contribution in [3.63, 3.8) is 0 Å². The molecule has 2 aromatic rings. The summed E-state index contributed by atoms with van der Waals surface area (Å²) in [6, 6.07) is 8.55. The van der Waals surface area contributed by atoms with Crippen molar-refractivity contribution in [1.29, 1.82) is 0 Å². The molecule has 138 valence electrons. The van der Waals surface area contributed by atoms with E-state index in [2.05, 4.69) is 27.1 Å². The van der Waals surface area contributed by atoms with E-state index in [-0.39, 0.29) is 18.3 Å². The molecular weight excluding hydrogens is 351 g/mol. The topological polar surface area (TPSA) is 56.7 Å². The Morgan fingerprint density at radius 1 is 1.27 bits per heavy atom. The Morgan fingerprint density at radius 2 is 2.08 bits per heavy atom. The van der Waals surface area contributed by atoms with Crippen LogP contribution in [0.25, 0.3) is 0 Å². The smallest absolute Gasteiger partial charge is 0.242 e. The Kier molecular flexibility index (Phi) is 6.22. The first-order valence-corrected chi connectivity index (χ1v) is 9.55. The number of fused-ring (bicyclic) bond motifs is 1. The number of thiophene rings is 1. The molecule has 0 unspecified atom stereocenters. The molecule has 2 N–H and O–H groups in total. The molecule has 2 heterocycles. The van der Waals surface area contributed by atoms with Crippen molar-refractivity contribution in [3.05, 3.63) is 57.5 Å². The van der Waals surface area contributed by atoms with Crippen LogP contribution in [0.1, 0.15) is 16.0 Å². The second kappa shape index (κ2) is 8.80. The van der Waals surface area contributed by atoms with Crippen molar-refractivity contribution in [2.45, 2.75) is 19.4 Å². The van der Waals surface area contributed by atoms with Gasteiger partial charge in [-0.05, 0) is 47.5 Å². The zero-order chi connectivity index (χ0) is 18.4. The molecule has 5 nitrogen and oxygen atoms in total. The number of rotatable bonds is 5. The molecule has 0 saturated heterocycles. The van der Waals surface area contributed by atoms with Crippen LogP contribution in [0.5, 0.6) is 0 Å².